The van der Waals surface area contributed by atoms with Gasteiger partial charge in [-0.25, -0.2) is 0 Å². The maximum atomic E-state index is 8.95. The molecular weight excluding hydrogens is 152 g/mol. The van der Waals surface area contributed by atoms with Crippen LogP contribution in [0.4, 0.5) is 0 Å². The van der Waals surface area contributed by atoms with Gasteiger partial charge in [0.1, 0.15) is 0 Å². The van der Waals surface area contributed by atoms with Crippen molar-refractivity contribution in [2.75, 3.05) is 6.61 Å². The zero-order valence-electron chi connectivity index (χ0n) is 8.34. The second kappa shape index (κ2) is 3.75. The molecule has 1 aliphatic rings. The summed E-state index contributed by atoms with van der Waals surface area (Å²) in [4.78, 5) is 0. The van der Waals surface area contributed by atoms with E-state index >= 15 is 0 Å². The molecular formula is C10H20O2. The number of aliphatic hydroxyl groups is 1. The minimum Gasteiger partial charge on any atom is -0.394 e. The molecule has 1 N–H and O–H groups in total. The summed E-state index contributed by atoms with van der Waals surface area (Å²) in [6.45, 7) is 6.75. The molecule has 1 fully saturated rings. The summed E-state index contributed by atoms with van der Waals surface area (Å²) in [7, 11) is 0. The highest BCUT2D eigenvalue weighted by Gasteiger charge is 2.30. The van der Waals surface area contributed by atoms with E-state index in [0.29, 0.717) is 6.10 Å². The topological polar surface area (TPSA) is 29.5 Å². The van der Waals surface area contributed by atoms with E-state index in [4.69, 9.17) is 9.84 Å². The van der Waals surface area contributed by atoms with E-state index in [-0.39, 0.29) is 18.1 Å². The van der Waals surface area contributed by atoms with Crippen molar-refractivity contribution < 1.29 is 9.84 Å². The highest BCUT2D eigenvalue weighted by Crippen LogP contribution is 2.31. The zero-order valence-corrected chi connectivity index (χ0v) is 8.34. The van der Waals surface area contributed by atoms with Gasteiger partial charge < -0.3 is 9.84 Å². The molecule has 2 heteroatoms. The fourth-order valence-corrected chi connectivity index (χ4v) is 1.67. The van der Waals surface area contributed by atoms with Crippen LogP contribution in [0.3, 0.4) is 0 Å². The van der Waals surface area contributed by atoms with Crippen molar-refractivity contribution in [2.24, 2.45) is 5.41 Å². The van der Waals surface area contributed by atoms with Crippen LogP contribution in [0.25, 0.3) is 0 Å². The molecule has 0 radical (unpaired) electrons. The minimum absolute atomic E-state index is 0.0861. The summed E-state index contributed by atoms with van der Waals surface area (Å²) >= 11 is 0. The van der Waals surface area contributed by atoms with Crippen LogP contribution in [-0.4, -0.2) is 23.9 Å². The van der Waals surface area contributed by atoms with Crippen LogP contribution >= 0.6 is 0 Å². The van der Waals surface area contributed by atoms with E-state index in [1.807, 2.05) is 0 Å². The van der Waals surface area contributed by atoms with Gasteiger partial charge in [-0.1, -0.05) is 20.8 Å². The summed E-state index contributed by atoms with van der Waals surface area (Å²) in [5, 5.41) is 8.95. The summed E-state index contributed by atoms with van der Waals surface area (Å²) in [6.07, 6.45) is 3.75. The SMILES string of the molecule is CC(C)(C)[C@H]1CCC[C@@H](CO)O1. The van der Waals surface area contributed by atoms with E-state index < -0.39 is 0 Å². The number of rotatable bonds is 1. The second-order valence-electron chi connectivity index (χ2n) is 4.73. The lowest BCUT2D eigenvalue weighted by atomic mass is 9.84. The van der Waals surface area contributed by atoms with Gasteiger partial charge in [-0.05, 0) is 24.7 Å². The van der Waals surface area contributed by atoms with Gasteiger partial charge in [0.25, 0.3) is 0 Å². The summed E-state index contributed by atoms with van der Waals surface area (Å²) in [5.74, 6) is 0. The normalized spacial score (nSPS) is 32.0. The standard InChI is InChI=1S/C10H20O2/c1-10(2,3)9-6-4-5-8(7-11)12-9/h8-9,11H,4-7H2,1-3H3/t8-,9+/m0/s1. The van der Waals surface area contributed by atoms with Gasteiger partial charge in [0.05, 0.1) is 18.8 Å². The predicted molar refractivity (Wildman–Crippen MR) is 49.1 cm³/mol. The van der Waals surface area contributed by atoms with Crippen molar-refractivity contribution in [3.63, 3.8) is 0 Å². The number of hydrogen-bond acceptors (Lipinski definition) is 2. The molecule has 0 spiro atoms. The molecule has 0 aliphatic carbocycles. The molecule has 1 heterocycles. The quantitative estimate of drug-likeness (QED) is 0.655. The maximum Gasteiger partial charge on any atom is 0.0809 e. The lowest BCUT2D eigenvalue weighted by Crippen LogP contribution is -2.38. The van der Waals surface area contributed by atoms with Crippen molar-refractivity contribution in [2.45, 2.75) is 52.2 Å². The van der Waals surface area contributed by atoms with Crippen molar-refractivity contribution >= 4 is 0 Å². The van der Waals surface area contributed by atoms with Gasteiger partial charge in [0.15, 0.2) is 0 Å². The zero-order chi connectivity index (χ0) is 9.19. The molecule has 0 aromatic rings. The van der Waals surface area contributed by atoms with E-state index in [2.05, 4.69) is 20.8 Å². The first-order valence-electron chi connectivity index (χ1n) is 4.80. The van der Waals surface area contributed by atoms with Crippen molar-refractivity contribution in [1.29, 1.82) is 0 Å². The van der Waals surface area contributed by atoms with E-state index in [0.717, 1.165) is 12.8 Å². The third kappa shape index (κ3) is 2.46. The molecule has 0 aromatic heterocycles. The Labute approximate surface area is 74.9 Å². The van der Waals surface area contributed by atoms with Gasteiger partial charge in [-0.2, -0.15) is 0 Å². The van der Waals surface area contributed by atoms with Crippen LogP contribution in [0.5, 0.6) is 0 Å². The highest BCUT2D eigenvalue weighted by atomic mass is 16.5. The molecule has 0 bridgehead atoms. The first kappa shape index (κ1) is 10.0. The predicted octanol–water partition coefficient (Wildman–Crippen LogP) is 1.96. The third-order valence-electron chi connectivity index (χ3n) is 2.52. The van der Waals surface area contributed by atoms with Gasteiger partial charge >= 0.3 is 0 Å². The van der Waals surface area contributed by atoms with Crippen LogP contribution in [0.15, 0.2) is 0 Å². The van der Waals surface area contributed by atoms with E-state index in [1.165, 1.54) is 6.42 Å². The van der Waals surface area contributed by atoms with Crippen molar-refractivity contribution in [1.82, 2.24) is 0 Å². The van der Waals surface area contributed by atoms with E-state index in [9.17, 15) is 0 Å². The van der Waals surface area contributed by atoms with E-state index in [1.54, 1.807) is 0 Å². The number of hydrogen-bond donors (Lipinski definition) is 1. The molecule has 0 saturated carbocycles. The average Bonchev–Trinajstić information content (AvgIpc) is 2.03. The monoisotopic (exact) mass is 172 g/mol. The average molecular weight is 172 g/mol. The minimum atomic E-state index is 0.0861. The molecule has 2 atom stereocenters. The smallest absolute Gasteiger partial charge is 0.0809 e. The molecule has 12 heavy (non-hydrogen) atoms. The Morgan fingerprint density at radius 1 is 1.33 bits per heavy atom. The molecule has 0 unspecified atom stereocenters. The van der Waals surface area contributed by atoms with Crippen LogP contribution in [0.2, 0.25) is 0 Å². The van der Waals surface area contributed by atoms with Gasteiger partial charge in [0.2, 0.25) is 0 Å². The maximum absolute atomic E-state index is 8.95. The lowest BCUT2D eigenvalue weighted by Gasteiger charge is -2.37. The third-order valence-corrected chi connectivity index (χ3v) is 2.52. The number of aliphatic hydroxyl groups excluding tert-OH is 1. The first-order valence-corrected chi connectivity index (χ1v) is 4.80. The fourth-order valence-electron chi connectivity index (χ4n) is 1.67. The van der Waals surface area contributed by atoms with Crippen molar-refractivity contribution in [3.05, 3.63) is 0 Å². The van der Waals surface area contributed by atoms with Crippen LogP contribution in [0.1, 0.15) is 40.0 Å². The Balaban J connectivity index is 2.46. The van der Waals surface area contributed by atoms with Crippen LogP contribution in [-0.2, 0) is 4.74 Å². The van der Waals surface area contributed by atoms with Gasteiger partial charge in [-0.3, -0.25) is 0 Å². The molecule has 1 saturated heterocycles. The Hall–Kier alpha value is -0.0800. The lowest BCUT2D eigenvalue weighted by molar-refractivity contribution is -0.113. The van der Waals surface area contributed by atoms with Gasteiger partial charge in [0, 0.05) is 0 Å². The Morgan fingerprint density at radius 2 is 2.00 bits per heavy atom. The van der Waals surface area contributed by atoms with Crippen LogP contribution < -0.4 is 0 Å². The largest absolute Gasteiger partial charge is 0.394 e. The van der Waals surface area contributed by atoms with Crippen molar-refractivity contribution in [3.8, 4) is 0 Å². The Kier molecular flexibility index (Phi) is 3.13. The summed E-state index contributed by atoms with van der Waals surface area (Å²) in [5.41, 5.74) is 0.216. The molecule has 1 aliphatic heterocycles. The fraction of sp³-hybridized carbons (Fsp3) is 1.00. The summed E-state index contributed by atoms with van der Waals surface area (Å²) in [6, 6.07) is 0. The second-order valence-corrected chi connectivity index (χ2v) is 4.73. The Morgan fingerprint density at radius 3 is 2.50 bits per heavy atom. The summed E-state index contributed by atoms with van der Waals surface area (Å²) < 4.78 is 5.75. The number of ether oxygens (including phenoxy) is 1. The molecule has 0 amide bonds. The first-order chi connectivity index (χ1) is 5.54. The highest BCUT2D eigenvalue weighted by molar-refractivity contribution is 4.79. The Bertz CT molecular complexity index is 137. The van der Waals surface area contributed by atoms with Gasteiger partial charge in [-0.15, -0.1) is 0 Å². The molecule has 72 valence electrons. The molecule has 1 rings (SSSR count). The molecule has 0 aromatic carbocycles. The molecule has 2 nitrogen and oxygen atoms in total. The van der Waals surface area contributed by atoms with Crippen LogP contribution in [0, 0.1) is 5.41 Å².